The van der Waals surface area contributed by atoms with Gasteiger partial charge < -0.3 is 10.1 Å². The van der Waals surface area contributed by atoms with E-state index in [1.165, 1.54) is 5.56 Å². The van der Waals surface area contributed by atoms with Gasteiger partial charge in [0.15, 0.2) is 0 Å². The summed E-state index contributed by atoms with van der Waals surface area (Å²) in [5.74, 6) is 0. The van der Waals surface area contributed by atoms with Crippen LogP contribution in [0.5, 0.6) is 0 Å². The first-order valence-corrected chi connectivity index (χ1v) is 5.00. The molecule has 0 fully saturated rings. The van der Waals surface area contributed by atoms with E-state index in [1.807, 2.05) is 19.2 Å². The smallest absolute Gasteiger partial charge is 0.0945 e. The van der Waals surface area contributed by atoms with Crippen molar-refractivity contribution in [3.63, 3.8) is 0 Å². The Balaban J connectivity index is 2.78. The standard InChI is InChI=1S/C10H14BrNO/c1-12-7-10(13-2)8-4-3-5-9(11)6-8/h3-6,10,12H,7H2,1-2H3. The monoisotopic (exact) mass is 243 g/mol. The number of rotatable bonds is 4. The van der Waals surface area contributed by atoms with Crippen LogP contribution in [0.4, 0.5) is 0 Å². The third kappa shape index (κ3) is 3.10. The SMILES string of the molecule is CNCC(OC)c1cccc(Br)c1. The van der Waals surface area contributed by atoms with Gasteiger partial charge in [0.05, 0.1) is 6.10 Å². The molecule has 2 nitrogen and oxygen atoms in total. The minimum absolute atomic E-state index is 0.127. The van der Waals surface area contributed by atoms with Crippen LogP contribution in [0, 0.1) is 0 Å². The van der Waals surface area contributed by atoms with Crippen LogP contribution in [0.2, 0.25) is 0 Å². The van der Waals surface area contributed by atoms with Crippen LogP contribution < -0.4 is 5.32 Å². The molecule has 0 aliphatic heterocycles. The minimum Gasteiger partial charge on any atom is -0.375 e. The van der Waals surface area contributed by atoms with Gasteiger partial charge in [-0.25, -0.2) is 0 Å². The van der Waals surface area contributed by atoms with E-state index in [1.54, 1.807) is 7.11 Å². The Morgan fingerprint density at radius 2 is 2.31 bits per heavy atom. The van der Waals surface area contributed by atoms with Crippen molar-refractivity contribution in [2.24, 2.45) is 0 Å². The molecule has 1 atom stereocenters. The highest BCUT2D eigenvalue weighted by molar-refractivity contribution is 9.10. The normalized spacial score (nSPS) is 12.8. The Hall–Kier alpha value is -0.380. The second kappa shape index (κ2) is 5.37. The Kier molecular flexibility index (Phi) is 4.42. The fraction of sp³-hybridized carbons (Fsp3) is 0.400. The Labute approximate surface area is 87.4 Å². The first kappa shape index (κ1) is 10.7. The van der Waals surface area contributed by atoms with E-state index in [9.17, 15) is 0 Å². The fourth-order valence-corrected chi connectivity index (χ4v) is 1.65. The third-order valence-corrected chi connectivity index (χ3v) is 2.39. The van der Waals surface area contributed by atoms with Gasteiger partial charge in [-0.3, -0.25) is 0 Å². The third-order valence-electron chi connectivity index (χ3n) is 1.89. The van der Waals surface area contributed by atoms with Crippen molar-refractivity contribution in [3.8, 4) is 0 Å². The summed E-state index contributed by atoms with van der Waals surface area (Å²) in [4.78, 5) is 0. The highest BCUT2D eigenvalue weighted by Gasteiger charge is 2.08. The molecule has 0 bridgehead atoms. The summed E-state index contributed by atoms with van der Waals surface area (Å²) in [6.07, 6.45) is 0.127. The lowest BCUT2D eigenvalue weighted by Crippen LogP contribution is -2.18. The second-order valence-corrected chi connectivity index (χ2v) is 3.75. The Morgan fingerprint density at radius 1 is 1.54 bits per heavy atom. The summed E-state index contributed by atoms with van der Waals surface area (Å²) in [5, 5.41) is 3.10. The number of nitrogens with one attached hydrogen (secondary N) is 1. The van der Waals surface area contributed by atoms with Crippen molar-refractivity contribution in [2.45, 2.75) is 6.10 Å². The predicted molar refractivity (Wildman–Crippen MR) is 57.8 cm³/mol. The van der Waals surface area contributed by atoms with Crippen LogP contribution in [-0.4, -0.2) is 20.7 Å². The van der Waals surface area contributed by atoms with Gasteiger partial charge in [0.2, 0.25) is 0 Å². The molecule has 3 heteroatoms. The molecule has 0 aliphatic rings. The van der Waals surface area contributed by atoms with Crippen molar-refractivity contribution in [2.75, 3.05) is 20.7 Å². The topological polar surface area (TPSA) is 21.3 Å². The molecule has 1 rings (SSSR count). The molecule has 0 heterocycles. The molecule has 0 aromatic heterocycles. The summed E-state index contributed by atoms with van der Waals surface area (Å²) in [6, 6.07) is 8.17. The van der Waals surface area contributed by atoms with E-state index >= 15 is 0 Å². The average molecular weight is 244 g/mol. The molecule has 0 spiro atoms. The number of benzene rings is 1. The van der Waals surface area contributed by atoms with Crippen molar-refractivity contribution in [3.05, 3.63) is 34.3 Å². The van der Waals surface area contributed by atoms with Crippen LogP contribution in [0.1, 0.15) is 11.7 Å². The average Bonchev–Trinajstić information content (AvgIpc) is 2.14. The molecule has 0 saturated heterocycles. The highest BCUT2D eigenvalue weighted by atomic mass is 79.9. The van der Waals surface area contributed by atoms with Gasteiger partial charge in [-0.2, -0.15) is 0 Å². The fourth-order valence-electron chi connectivity index (χ4n) is 1.23. The zero-order valence-corrected chi connectivity index (χ0v) is 9.47. The second-order valence-electron chi connectivity index (χ2n) is 2.84. The van der Waals surface area contributed by atoms with Gasteiger partial charge in [-0.15, -0.1) is 0 Å². The summed E-state index contributed by atoms with van der Waals surface area (Å²) in [5.41, 5.74) is 1.19. The van der Waals surface area contributed by atoms with Crippen LogP contribution >= 0.6 is 15.9 Å². The van der Waals surface area contributed by atoms with Crippen LogP contribution in [0.25, 0.3) is 0 Å². The number of halogens is 1. The van der Waals surface area contributed by atoms with Crippen LogP contribution in [-0.2, 0) is 4.74 Å². The van der Waals surface area contributed by atoms with Gasteiger partial charge in [0, 0.05) is 18.1 Å². The number of methoxy groups -OCH3 is 1. The van der Waals surface area contributed by atoms with Gasteiger partial charge in [-0.05, 0) is 24.7 Å². The maximum atomic E-state index is 5.35. The maximum absolute atomic E-state index is 5.35. The maximum Gasteiger partial charge on any atom is 0.0945 e. The van der Waals surface area contributed by atoms with Gasteiger partial charge >= 0.3 is 0 Å². The molecule has 0 amide bonds. The van der Waals surface area contributed by atoms with Crippen molar-refractivity contribution >= 4 is 15.9 Å². The number of likely N-dealkylation sites (N-methyl/N-ethyl adjacent to an activating group) is 1. The van der Waals surface area contributed by atoms with Gasteiger partial charge in [-0.1, -0.05) is 28.1 Å². The Bertz CT molecular complexity index is 265. The predicted octanol–water partition coefficient (Wildman–Crippen LogP) is 2.36. The van der Waals surface area contributed by atoms with E-state index < -0.39 is 0 Å². The number of hydrogen-bond acceptors (Lipinski definition) is 2. The zero-order chi connectivity index (χ0) is 9.68. The van der Waals surface area contributed by atoms with Gasteiger partial charge in [0.1, 0.15) is 0 Å². The number of ether oxygens (including phenoxy) is 1. The first-order valence-electron chi connectivity index (χ1n) is 4.20. The molecule has 1 unspecified atom stereocenters. The molecule has 1 aromatic carbocycles. The molecular formula is C10H14BrNO. The molecule has 0 aliphatic carbocycles. The quantitative estimate of drug-likeness (QED) is 0.877. The molecule has 1 aromatic rings. The van der Waals surface area contributed by atoms with E-state index in [-0.39, 0.29) is 6.10 Å². The Morgan fingerprint density at radius 3 is 2.85 bits per heavy atom. The summed E-state index contributed by atoms with van der Waals surface area (Å²) in [6.45, 7) is 0.826. The van der Waals surface area contributed by atoms with Crippen molar-refractivity contribution in [1.29, 1.82) is 0 Å². The van der Waals surface area contributed by atoms with Crippen molar-refractivity contribution < 1.29 is 4.74 Å². The van der Waals surface area contributed by atoms with Crippen LogP contribution in [0.3, 0.4) is 0 Å². The lowest BCUT2D eigenvalue weighted by molar-refractivity contribution is 0.104. The summed E-state index contributed by atoms with van der Waals surface area (Å²) >= 11 is 3.43. The van der Waals surface area contributed by atoms with Crippen molar-refractivity contribution in [1.82, 2.24) is 5.32 Å². The molecule has 72 valence electrons. The zero-order valence-electron chi connectivity index (χ0n) is 7.88. The summed E-state index contributed by atoms with van der Waals surface area (Å²) < 4.78 is 6.43. The molecule has 0 saturated carbocycles. The largest absolute Gasteiger partial charge is 0.375 e. The van der Waals surface area contributed by atoms with Gasteiger partial charge in [0.25, 0.3) is 0 Å². The molecule has 1 N–H and O–H groups in total. The molecule has 13 heavy (non-hydrogen) atoms. The van der Waals surface area contributed by atoms with E-state index in [2.05, 4.69) is 33.4 Å². The minimum atomic E-state index is 0.127. The van der Waals surface area contributed by atoms with E-state index in [0.717, 1.165) is 11.0 Å². The van der Waals surface area contributed by atoms with E-state index in [4.69, 9.17) is 4.74 Å². The first-order chi connectivity index (χ1) is 6.27. The lowest BCUT2D eigenvalue weighted by Gasteiger charge is -2.15. The number of hydrogen-bond donors (Lipinski definition) is 1. The van der Waals surface area contributed by atoms with E-state index in [0.29, 0.717) is 0 Å². The van der Waals surface area contributed by atoms with Crippen LogP contribution in [0.15, 0.2) is 28.7 Å². The molecular weight excluding hydrogens is 230 g/mol. The highest BCUT2D eigenvalue weighted by Crippen LogP contribution is 2.19. The summed E-state index contributed by atoms with van der Waals surface area (Å²) in [7, 11) is 3.65. The lowest BCUT2D eigenvalue weighted by atomic mass is 10.1. The molecule has 0 radical (unpaired) electrons.